The highest BCUT2D eigenvalue weighted by Crippen LogP contribution is 2.26. The fourth-order valence-corrected chi connectivity index (χ4v) is 2.54. The van der Waals surface area contributed by atoms with Gasteiger partial charge >= 0.3 is 0 Å². The Morgan fingerprint density at radius 3 is 3.00 bits per heavy atom. The molecule has 0 aliphatic carbocycles. The smallest absolute Gasteiger partial charge is 0.0346 e. The van der Waals surface area contributed by atoms with Gasteiger partial charge < -0.3 is 5.32 Å². The highest BCUT2D eigenvalue weighted by molar-refractivity contribution is 7.17. The molecular weight excluding hydrogens is 190 g/mol. The number of rotatable bonds is 3. The fraction of sp³-hybridized carbons (Fsp3) is 0.333. The summed E-state index contributed by atoms with van der Waals surface area (Å²) in [6, 6.07) is 6.67. The quantitative estimate of drug-likeness (QED) is 0.810. The second kappa shape index (κ2) is 4.11. The fourth-order valence-electron chi connectivity index (χ4n) is 1.59. The minimum Gasteiger partial charge on any atom is -0.313 e. The van der Waals surface area contributed by atoms with Crippen LogP contribution in [0, 0.1) is 6.92 Å². The number of benzene rings is 1. The summed E-state index contributed by atoms with van der Waals surface area (Å²) in [6.45, 7) is 6.30. The first-order chi connectivity index (χ1) is 6.81. The van der Waals surface area contributed by atoms with Crippen LogP contribution in [-0.4, -0.2) is 6.54 Å². The molecule has 0 saturated carbocycles. The van der Waals surface area contributed by atoms with E-state index in [4.69, 9.17) is 0 Å². The van der Waals surface area contributed by atoms with Crippen molar-refractivity contribution in [2.75, 3.05) is 6.54 Å². The van der Waals surface area contributed by atoms with Gasteiger partial charge in [0.1, 0.15) is 0 Å². The number of hydrogen-bond donors (Lipinski definition) is 1. The average Bonchev–Trinajstić information content (AvgIpc) is 2.57. The summed E-state index contributed by atoms with van der Waals surface area (Å²) < 4.78 is 1.39. The Balaban J connectivity index is 2.40. The summed E-state index contributed by atoms with van der Waals surface area (Å²) in [7, 11) is 0. The molecule has 2 aromatic rings. The molecule has 1 nitrogen and oxygen atoms in total. The molecule has 74 valence electrons. The zero-order chi connectivity index (χ0) is 9.97. The predicted molar refractivity (Wildman–Crippen MR) is 63.9 cm³/mol. The van der Waals surface area contributed by atoms with E-state index < -0.39 is 0 Å². The molecule has 0 amide bonds. The van der Waals surface area contributed by atoms with Gasteiger partial charge in [0.25, 0.3) is 0 Å². The number of hydrogen-bond acceptors (Lipinski definition) is 2. The number of nitrogens with one attached hydrogen (secondary N) is 1. The molecule has 0 saturated heterocycles. The van der Waals surface area contributed by atoms with Crippen molar-refractivity contribution < 1.29 is 0 Å². The highest BCUT2D eigenvalue weighted by Gasteiger charge is 2.02. The number of aryl methyl sites for hydroxylation is 1. The van der Waals surface area contributed by atoms with Crippen LogP contribution in [0.4, 0.5) is 0 Å². The maximum Gasteiger partial charge on any atom is 0.0346 e. The maximum atomic E-state index is 3.37. The Hall–Kier alpha value is -0.860. The molecule has 0 aliphatic rings. The van der Waals surface area contributed by atoms with Gasteiger partial charge in [0.2, 0.25) is 0 Å². The molecule has 0 unspecified atom stereocenters. The van der Waals surface area contributed by atoms with Crippen molar-refractivity contribution in [2.45, 2.75) is 20.4 Å². The lowest BCUT2D eigenvalue weighted by molar-refractivity contribution is 0.732. The van der Waals surface area contributed by atoms with Gasteiger partial charge in [0.15, 0.2) is 0 Å². The second-order valence-electron chi connectivity index (χ2n) is 3.54. The summed E-state index contributed by atoms with van der Waals surface area (Å²) in [6.07, 6.45) is 0. The third-order valence-electron chi connectivity index (χ3n) is 2.37. The summed E-state index contributed by atoms with van der Waals surface area (Å²) >= 11 is 1.83. The van der Waals surface area contributed by atoms with E-state index >= 15 is 0 Å². The zero-order valence-electron chi connectivity index (χ0n) is 8.63. The Labute approximate surface area is 88.8 Å². The first kappa shape index (κ1) is 9.69. The van der Waals surface area contributed by atoms with E-state index in [2.05, 4.69) is 42.7 Å². The van der Waals surface area contributed by atoms with Crippen molar-refractivity contribution in [1.29, 1.82) is 0 Å². The number of fused-ring (bicyclic) bond motifs is 1. The minimum atomic E-state index is 0.986. The van der Waals surface area contributed by atoms with Gasteiger partial charge in [-0.15, -0.1) is 11.3 Å². The molecule has 0 atom stereocenters. The Morgan fingerprint density at radius 1 is 1.36 bits per heavy atom. The van der Waals surface area contributed by atoms with Crippen molar-refractivity contribution in [3.05, 3.63) is 34.7 Å². The third kappa shape index (κ3) is 1.81. The monoisotopic (exact) mass is 205 g/mol. The molecular formula is C12H15NS. The van der Waals surface area contributed by atoms with E-state index in [0.717, 1.165) is 13.1 Å². The summed E-state index contributed by atoms with van der Waals surface area (Å²) in [5.41, 5.74) is 2.77. The van der Waals surface area contributed by atoms with Crippen LogP contribution in [0.15, 0.2) is 23.6 Å². The molecule has 0 bridgehead atoms. The molecule has 0 spiro atoms. The molecule has 1 heterocycles. The minimum absolute atomic E-state index is 0.986. The first-order valence-electron chi connectivity index (χ1n) is 4.98. The molecule has 1 aromatic carbocycles. The van der Waals surface area contributed by atoms with Gasteiger partial charge in [0.05, 0.1) is 0 Å². The van der Waals surface area contributed by atoms with Gasteiger partial charge in [-0.3, -0.25) is 0 Å². The van der Waals surface area contributed by atoms with Crippen molar-refractivity contribution in [1.82, 2.24) is 5.32 Å². The summed E-state index contributed by atoms with van der Waals surface area (Å²) in [5, 5.41) is 7.04. The van der Waals surface area contributed by atoms with E-state index in [0.29, 0.717) is 0 Å². The van der Waals surface area contributed by atoms with Gasteiger partial charge in [-0.1, -0.05) is 24.6 Å². The summed E-state index contributed by atoms with van der Waals surface area (Å²) in [5.74, 6) is 0. The van der Waals surface area contributed by atoms with E-state index in [1.165, 1.54) is 21.2 Å². The molecule has 2 heteroatoms. The molecule has 1 N–H and O–H groups in total. The second-order valence-corrected chi connectivity index (χ2v) is 4.45. The Kier molecular flexibility index (Phi) is 2.85. The lowest BCUT2D eigenvalue weighted by Crippen LogP contribution is -2.11. The van der Waals surface area contributed by atoms with E-state index in [1.54, 1.807) is 0 Å². The van der Waals surface area contributed by atoms with Gasteiger partial charge in [-0.05, 0) is 35.9 Å². The van der Waals surface area contributed by atoms with Gasteiger partial charge in [-0.25, -0.2) is 0 Å². The predicted octanol–water partition coefficient (Wildman–Crippen LogP) is 3.32. The van der Waals surface area contributed by atoms with E-state index in [-0.39, 0.29) is 0 Å². The van der Waals surface area contributed by atoms with Gasteiger partial charge in [0, 0.05) is 11.2 Å². The SMILES string of the molecule is CCNCc1csc2ccc(C)cc12. The molecule has 14 heavy (non-hydrogen) atoms. The maximum absolute atomic E-state index is 3.37. The lowest BCUT2D eigenvalue weighted by Gasteiger charge is -2.00. The largest absolute Gasteiger partial charge is 0.313 e. The molecule has 0 fully saturated rings. The van der Waals surface area contributed by atoms with Gasteiger partial charge in [-0.2, -0.15) is 0 Å². The van der Waals surface area contributed by atoms with Crippen LogP contribution in [0.5, 0.6) is 0 Å². The topological polar surface area (TPSA) is 12.0 Å². The van der Waals surface area contributed by atoms with Crippen LogP contribution < -0.4 is 5.32 Å². The molecule has 2 rings (SSSR count). The van der Waals surface area contributed by atoms with Crippen molar-refractivity contribution in [3.8, 4) is 0 Å². The van der Waals surface area contributed by atoms with E-state index in [9.17, 15) is 0 Å². The van der Waals surface area contributed by atoms with Crippen LogP contribution >= 0.6 is 11.3 Å². The van der Waals surface area contributed by atoms with Crippen LogP contribution in [0.2, 0.25) is 0 Å². The van der Waals surface area contributed by atoms with Crippen LogP contribution in [0.3, 0.4) is 0 Å². The van der Waals surface area contributed by atoms with Crippen molar-refractivity contribution in [3.63, 3.8) is 0 Å². The standard InChI is InChI=1S/C12H15NS/c1-3-13-7-10-8-14-12-5-4-9(2)6-11(10)12/h4-6,8,13H,3,7H2,1-2H3. The summed E-state index contributed by atoms with van der Waals surface area (Å²) in [4.78, 5) is 0. The Morgan fingerprint density at radius 2 is 2.21 bits per heavy atom. The average molecular weight is 205 g/mol. The molecule has 0 radical (unpaired) electrons. The molecule has 0 aliphatic heterocycles. The van der Waals surface area contributed by atoms with Crippen LogP contribution in [0.25, 0.3) is 10.1 Å². The van der Waals surface area contributed by atoms with Crippen LogP contribution in [-0.2, 0) is 6.54 Å². The van der Waals surface area contributed by atoms with Crippen LogP contribution in [0.1, 0.15) is 18.1 Å². The molecule has 1 aromatic heterocycles. The normalized spacial score (nSPS) is 11.0. The third-order valence-corrected chi connectivity index (χ3v) is 3.39. The number of thiophene rings is 1. The van der Waals surface area contributed by atoms with Crippen molar-refractivity contribution >= 4 is 21.4 Å². The lowest BCUT2D eigenvalue weighted by atomic mass is 10.1. The highest BCUT2D eigenvalue weighted by atomic mass is 32.1. The Bertz CT molecular complexity index is 431. The zero-order valence-corrected chi connectivity index (χ0v) is 9.45. The van der Waals surface area contributed by atoms with E-state index in [1.807, 2.05) is 11.3 Å². The first-order valence-corrected chi connectivity index (χ1v) is 5.86. The van der Waals surface area contributed by atoms with Crippen molar-refractivity contribution in [2.24, 2.45) is 0 Å².